The van der Waals surface area contributed by atoms with Gasteiger partial charge in [-0.3, -0.25) is 0 Å². The first-order chi connectivity index (χ1) is 20.4. The molecule has 224 valence electrons. The highest BCUT2D eigenvalue weighted by Gasteiger charge is 2.38. The predicted octanol–water partition coefficient (Wildman–Crippen LogP) is 4.78. The van der Waals surface area contributed by atoms with Crippen LogP contribution in [-0.2, 0) is 14.8 Å². The molecule has 1 saturated heterocycles. The number of pyridine rings is 1. The Morgan fingerprint density at radius 2 is 1.63 bits per heavy atom. The quantitative estimate of drug-likeness (QED) is 0.263. The Kier molecular flexibility index (Phi) is 9.37. The Labute approximate surface area is 243 Å². The summed E-state index contributed by atoms with van der Waals surface area (Å²) >= 11 is 0. The number of H-pyrrole nitrogens is 1. The number of ether oxygens (including phenoxy) is 1. The average molecular weight is 616 g/mol. The van der Waals surface area contributed by atoms with Gasteiger partial charge in [0.15, 0.2) is 0 Å². The third-order valence-electron chi connectivity index (χ3n) is 6.28. The van der Waals surface area contributed by atoms with Crippen molar-refractivity contribution in [2.75, 3.05) is 19.7 Å². The highest BCUT2D eigenvalue weighted by molar-refractivity contribution is 7.89. The Bertz CT molecular complexity index is 1790. The van der Waals surface area contributed by atoms with Gasteiger partial charge in [-0.05, 0) is 78.4 Å². The number of carboxylic acid groups (broad SMARTS) is 2. The molecule has 0 amide bonds. The van der Waals surface area contributed by atoms with E-state index < -0.39 is 28.1 Å². The number of benzene rings is 2. The Morgan fingerprint density at radius 1 is 1.00 bits per heavy atom. The zero-order chi connectivity index (χ0) is 31.2. The lowest BCUT2D eigenvalue weighted by Gasteiger charge is -2.15. The number of rotatable bonds is 6. The minimum Gasteiger partial charge on any atom is -0.481 e. The summed E-state index contributed by atoms with van der Waals surface area (Å²) in [4.78, 5) is 27.7. The van der Waals surface area contributed by atoms with Gasteiger partial charge in [0.25, 0.3) is 0 Å². The van der Waals surface area contributed by atoms with Gasteiger partial charge in [0.05, 0.1) is 16.2 Å². The number of halogens is 3. The van der Waals surface area contributed by atoms with Crippen LogP contribution in [0.25, 0.3) is 22.2 Å². The number of nitrogens with one attached hydrogen (secondary N) is 1. The molecule has 1 aliphatic rings. The number of aromatic carboxylic acids is 1. The zero-order valence-electron chi connectivity index (χ0n) is 22.3. The van der Waals surface area contributed by atoms with E-state index in [1.165, 1.54) is 12.1 Å². The van der Waals surface area contributed by atoms with Gasteiger partial charge in [0, 0.05) is 24.7 Å². The molecule has 43 heavy (non-hydrogen) atoms. The third-order valence-corrected chi connectivity index (χ3v) is 8.19. The lowest BCUT2D eigenvalue weighted by Crippen LogP contribution is -2.27. The van der Waals surface area contributed by atoms with Crippen molar-refractivity contribution in [3.05, 3.63) is 78.1 Å². The molecule has 0 atom stereocenters. The number of alkyl halides is 3. The molecule has 2 aromatic carbocycles. The van der Waals surface area contributed by atoms with Gasteiger partial charge >= 0.3 is 18.1 Å². The second kappa shape index (κ2) is 13.0. The Morgan fingerprint density at radius 3 is 2.21 bits per heavy atom. The number of fused-ring (bicyclic) bond motifs is 1. The third kappa shape index (κ3) is 7.70. The fourth-order valence-electron chi connectivity index (χ4n) is 4.17. The first kappa shape index (κ1) is 31.1. The molecule has 10 nitrogen and oxygen atoms in total. The van der Waals surface area contributed by atoms with Crippen molar-refractivity contribution in [2.45, 2.75) is 23.9 Å². The van der Waals surface area contributed by atoms with Crippen LogP contribution in [0.3, 0.4) is 0 Å². The molecule has 0 saturated carbocycles. The van der Waals surface area contributed by atoms with Gasteiger partial charge in [-0.25, -0.2) is 23.0 Å². The van der Waals surface area contributed by atoms with Crippen molar-refractivity contribution in [1.82, 2.24) is 14.3 Å². The number of hydrogen-bond donors (Lipinski definition) is 3. The van der Waals surface area contributed by atoms with E-state index in [1.807, 2.05) is 24.3 Å². The number of carbonyl (C=O) groups is 2. The van der Waals surface area contributed by atoms with Crippen molar-refractivity contribution >= 4 is 33.0 Å². The summed E-state index contributed by atoms with van der Waals surface area (Å²) in [5, 5.41) is 17.0. The van der Waals surface area contributed by atoms with Gasteiger partial charge in [-0.1, -0.05) is 18.1 Å². The zero-order valence-corrected chi connectivity index (χ0v) is 23.1. The van der Waals surface area contributed by atoms with Crippen molar-refractivity contribution in [1.29, 1.82) is 0 Å². The van der Waals surface area contributed by atoms with Crippen molar-refractivity contribution in [3.63, 3.8) is 0 Å². The molecule has 4 aromatic rings. The van der Waals surface area contributed by atoms with E-state index in [4.69, 9.17) is 19.7 Å². The molecule has 0 aliphatic carbocycles. The molecule has 2 aromatic heterocycles. The summed E-state index contributed by atoms with van der Waals surface area (Å²) in [7, 11) is -3.46. The Balaban J connectivity index is 0.000000541. The van der Waals surface area contributed by atoms with E-state index >= 15 is 0 Å². The van der Waals surface area contributed by atoms with Crippen molar-refractivity contribution in [2.24, 2.45) is 0 Å². The molecule has 14 heteroatoms. The van der Waals surface area contributed by atoms with Crippen LogP contribution in [0.15, 0.2) is 71.8 Å². The number of aliphatic carboxylic acids is 1. The summed E-state index contributed by atoms with van der Waals surface area (Å²) in [5.74, 6) is 2.75. The molecule has 0 unspecified atom stereocenters. The summed E-state index contributed by atoms with van der Waals surface area (Å²) in [5.41, 5.74) is 3.34. The SMILES string of the molecule is O=C(O)C(F)(F)F.O=C(O)c1ccc(OCC#Cc2cc3c(-c4ccc(S(=O)(=O)N5CCCC5)cc4)ccnc3[nH]2)cc1. The van der Waals surface area contributed by atoms with Crippen LogP contribution in [0.4, 0.5) is 13.2 Å². The highest BCUT2D eigenvalue weighted by Crippen LogP contribution is 2.30. The fourth-order valence-corrected chi connectivity index (χ4v) is 5.69. The monoisotopic (exact) mass is 615 g/mol. The summed E-state index contributed by atoms with van der Waals surface area (Å²) in [6, 6.07) is 16.9. The molecular formula is C29H24F3N3O7S. The first-order valence-corrected chi connectivity index (χ1v) is 14.1. The van der Waals surface area contributed by atoms with Crippen LogP contribution in [0.1, 0.15) is 28.9 Å². The van der Waals surface area contributed by atoms with Crippen molar-refractivity contribution in [3.8, 4) is 28.7 Å². The number of aromatic nitrogens is 2. The second-order valence-electron chi connectivity index (χ2n) is 9.16. The lowest BCUT2D eigenvalue weighted by molar-refractivity contribution is -0.192. The van der Waals surface area contributed by atoms with E-state index in [0.29, 0.717) is 35.1 Å². The van der Waals surface area contributed by atoms with Crippen LogP contribution in [-0.4, -0.2) is 70.7 Å². The van der Waals surface area contributed by atoms with Crippen LogP contribution in [0.2, 0.25) is 0 Å². The van der Waals surface area contributed by atoms with Crippen LogP contribution < -0.4 is 4.74 Å². The average Bonchev–Trinajstić information content (AvgIpc) is 3.66. The lowest BCUT2D eigenvalue weighted by atomic mass is 10.0. The topological polar surface area (TPSA) is 150 Å². The number of aromatic amines is 1. The maximum Gasteiger partial charge on any atom is 0.490 e. The molecule has 0 radical (unpaired) electrons. The standard InChI is InChI=1S/C27H23N3O5S.C2HF3O2/c31-27(32)20-5-9-22(10-6-20)35-17-3-4-21-18-25-24(13-14-28-26(25)29-21)19-7-11-23(12-8-19)36(33,34)30-15-1-2-16-30;3-2(4,5)1(6)7/h5-14,18H,1-2,15-17H2,(H,28,29)(H,31,32);(H,6,7). The minimum atomic E-state index is -5.08. The smallest absolute Gasteiger partial charge is 0.481 e. The van der Waals surface area contributed by atoms with Crippen molar-refractivity contribution < 1.29 is 46.1 Å². The molecule has 0 bridgehead atoms. The number of carboxylic acids is 2. The van der Waals surface area contributed by atoms with Crippen LogP contribution in [0, 0.1) is 11.8 Å². The highest BCUT2D eigenvalue weighted by atomic mass is 32.2. The molecule has 0 spiro atoms. The van der Waals surface area contributed by atoms with E-state index in [1.54, 1.807) is 34.8 Å². The normalized spacial score (nSPS) is 13.5. The minimum absolute atomic E-state index is 0.134. The van der Waals surface area contributed by atoms with Crippen LogP contribution >= 0.6 is 0 Å². The van der Waals surface area contributed by atoms with E-state index in [-0.39, 0.29) is 12.2 Å². The summed E-state index contributed by atoms with van der Waals surface area (Å²) < 4.78 is 64.5. The number of hydrogen-bond acceptors (Lipinski definition) is 6. The van der Waals surface area contributed by atoms with Gasteiger partial charge in [0.2, 0.25) is 10.0 Å². The molecule has 5 rings (SSSR count). The molecular weight excluding hydrogens is 591 g/mol. The summed E-state index contributed by atoms with van der Waals surface area (Å²) in [6.07, 6.45) is -1.59. The second-order valence-corrected chi connectivity index (χ2v) is 11.1. The van der Waals surface area contributed by atoms with E-state index in [9.17, 15) is 26.4 Å². The van der Waals surface area contributed by atoms with E-state index in [0.717, 1.165) is 29.4 Å². The maximum absolute atomic E-state index is 12.8. The van der Waals surface area contributed by atoms with Gasteiger partial charge in [-0.15, -0.1) is 0 Å². The van der Waals surface area contributed by atoms with Crippen LogP contribution in [0.5, 0.6) is 5.75 Å². The molecule has 1 fully saturated rings. The van der Waals surface area contributed by atoms with Gasteiger partial charge in [0.1, 0.15) is 18.0 Å². The first-order valence-electron chi connectivity index (χ1n) is 12.7. The maximum atomic E-state index is 12.8. The largest absolute Gasteiger partial charge is 0.490 e. The van der Waals surface area contributed by atoms with Gasteiger partial charge in [-0.2, -0.15) is 17.5 Å². The van der Waals surface area contributed by atoms with Gasteiger partial charge < -0.3 is 19.9 Å². The molecule has 3 N–H and O–H groups in total. The number of nitrogens with zero attached hydrogens (tertiary/aromatic N) is 2. The predicted molar refractivity (Wildman–Crippen MR) is 149 cm³/mol. The molecule has 1 aliphatic heterocycles. The number of sulfonamides is 1. The molecule has 3 heterocycles. The van der Waals surface area contributed by atoms with E-state index in [2.05, 4.69) is 21.8 Å². The summed E-state index contributed by atoms with van der Waals surface area (Å²) in [6.45, 7) is 1.28. The fraction of sp³-hybridized carbons (Fsp3) is 0.207. The Hall–Kier alpha value is -4.87.